The van der Waals surface area contributed by atoms with Gasteiger partial charge in [-0.3, -0.25) is 9.69 Å². The first-order chi connectivity index (χ1) is 12.3. The Kier molecular flexibility index (Phi) is 2.97. The Balaban J connectivity index is 1.72. The summed E-state index contributed by atoms with van der Waals surface area (Å²) in [6.07, 6.45) is 1.67. The van der Waals surface area contributed by atoms with Crippen LogP contribution in [0.25, 0.3) is 11.0 Å². The first-order valence-corrected chi connectivity index (χ1v) is 8.23. The van der Waals surface area contributed by atoms with E-state index < -0.39 is 0 Å². The molecule has 1 amide bonds. The van der Waals surface area contributed by atoms with E-state index in [-0.39, 0.29) is 11.9 Å². The van der Waals surface area contributed by atoms with E-state index >= 15 is 0 Å². The number of rotatable bonds is 2. The molecule has 0 saturated heterocycles. The highest BCUT2D eigenvalue weighted by molar-refractivity contribution is 6.12. The molecule has 4 heteroatoms. The lowest BCUT2D eigenvalue weighted by Crippen LogP contribution is -2.28. The van der Waals surface area contributed by atoms with E-state index in [0.29, 0.717) is 0 Å². The van der Waals surface area contributed by atoms with Crippen LogP contribution in [0.4, 0.5) is 5.69 Å². The number of carbonyl (C=O) groups is 1. The van der Waals surface area contributed by atoms with Crippen molar-refractivity contribution in [2.24, 2.45) is 0 Å². The summed E-state index contributed by atoms with van der Waals surface area (Å²) in [5.41, 5.74) is 5.58. The van der Waals surface area contributed by atoms with E-state index in [1.165, 1.54) is 0 Å². The molecular formula is C21H15N3O. The summed E-state index contributed by atoms with van der Waals surface area (Å²) >= 11 is 0. The van der Waals surface area contributed by atoms with Crippen molar-refractivity contribution in [2.75, 3.05) is 4.90 Å². The average Bonchev–Trinajstić information content (AvgIpc) is 3.24. The van der Waals surface area contributed by atoms with Gasteiger partial charge < -0.3 is 4.98 Å². The maximum Gasteiger partial charge on any atom is 0.259 e. The summed E-state index contributed by atoms with van der Waals surface area (Å²) in [6, 6.07) is 23.8. The summed E-state index contributed by atoms with van der Waals surface area (Å²) in [6.45, 7) is 0. The van der Waals surface area contributed by atoms with E-state index in [9.17, 15) is 4.79 Å². The third-order valence-electron chi connectivity index (χ3n) is 4.76. The quantitative estimate of drug-likeness (QED) is 0.597. The second kappa shape index (κ2) is 5.31. The minimum Gasteiger partial charge on any atom is -0.345 e. The van der Waals surface area contributed by atoms with Crippen LogP contribution in [0.3, 0.4) is 0 Å². The molecule has 0 saturated carbocycles. The van der Waals surface area contributed by atoms with Crippen molar-refractivity contribution in [2.45, 2.75) is 6.04 Å². The second-order valence-electron chi connectivity index (χ2n) is 6.18. The molecule has 0 bridgehead atoms. The van der Waals surface area contributed by atoms with Crippen molar-refractivity contribution < 1.29 is 4.79 Å². The molecule has 1 aromatic heterocycles. The predicted molar refractivity (Wildman–Crippen MR) is 97.6 cm³/mol. The van der Waals surface area contributed by atoms with Gasteiger partial charge in [-0.15, -0.1) is 0 Å². The van der Waals surface area contributed by atoms with Crippen LogP contribution in [0, 0.1) is 0 Å². The summed E-state index contributed by atoms with van der Waals surface area (Å²) < 4.78 is 0. The van der Waals surface area contributed by atoms with E-state index in [1.54, 1.807) is 6.33 Å². The van der Waals surface area contributed by atoms with E-state index in [0.717, 1.165) is 33.4 Å². The third kappa shape index (κ3) is 2.08. The van der Waals surface area contributed by atoms with Crippen molar-refractivity contribution in [3.8, 4) is 0 Å². The molecule has 4 nitrogen and oxygen atoms in total. The van der Waals surface area contributed by atoms with E-state index in [1.807, 2.05) is 65.6 Å². The van der Waals surface area contributed by atoms with Crippen LogP contribution in [-0.4, -0.2) is 15.9 Å². The summed E-state index contributed by atoms with van der Waals surface area (Å²) in [5, 5.41) is 0. The maximum absolute atomic E-state index is 13.2. The Hall–Kier alpha value is -3.40. The van der Waals surface area contributed by atoms with Crippen LogP contribution < -0.4 is 4.90 Å². The molecule has 4 aromatic rings. The van der Waals surface area contributed by atoms with Crippen molar-refractivity contribution in [1.29, 1.82) is 0 Å². The molecule has 1 N–H and O–H groups in total. The predicted octanol–water partition coefficient (Wildman–Crippen LogP) is 4.31. The lowest BCUT2D eigenvalue weighted by atomic mass is 9.98. The standard InChI is InChI=1S/C21H15N3O/c25-21-17-9-5-4-8-16(17)20(14-6-2-1-3-7-14)24(21)15-10-11-18-19(12-15)23-13-22-18/h1-13,20H,(H,22,23). The van der Waals surface area contributed by atoms with Crippen LogP contribution in [0.2, 0.25) is 0 Å². The van der Waals surface area contributed by atoms with Gasteiger partial charge in [0.05, 0.1) is 23.4 Å². The van der Waals surface area contributed by atoms with Crippen molar-refractivity contribution >= 4 is 22.6 Å². The van der Waals surface area contributed by atoms with E-state index in [2.05, 4.69) is 22.1 Å². The number of amides is 1. The van der Waals surface area contributed by atoms with Gasteiger partial charge in [-0.1, -0.05) is 48.5 Å². The number of nitrogens with zero attached hydrogens (tertiary/aromatic N) is 2. The molecule has 25 heavy (non-hydrogen) atoms. The van der Waals surface area contributed by atoms with Crippen molar-refractivity contribution in [3.05, 3.63) is 95.8 Å². The van der Waals surface area contributed by atoms with Crippen LogP contribution in [0.5, 0.6) is 0 Å². The number of benzene rings is 3. The number of imidazole rings is 1. The topological polar surface area (TPSA) is 49.0 Å². The fraction of sp³-hybridized carbons (Fsp3) is 0.0476. The first kappa shape index (κ1) is 14.0. The molecule has 1 unspecified atom stereocenters. The first-order valence-electron chi connectivity index (χ1n) is 8.23. The number of carbonyl (C=O) groups excluding carboxylic acids is 1. The molecule has 120 valence electrons. The zero-order valence-electron chi connectivity index (χ0n) is 13.4. The number of aromatic nitrogens is 2. The normalized spacial score (nSPS) is 16.4. The third-order valence-corrected chi connectivity index (χ3v) is 4.76. The van der Waals surface area contributed by atoms with Gasteiger partial charge in [0.15, 0.2) is 0 Å². The average molecular weight is 325 g/mol. The number of hydrogen-bond donors (Lipinski definition) is 1. The highest BCUT2D eigenvalue weighted by Gasteiger charge is 2.38. The monoisotopic (exact) mass is 325 g/mol. The van der Waals surface area contributed by atoms with Gasteiger partial charge in [-0.25, -0.2) is 4.98 Å². The minimum absolute atomic E-state index is 0.0272. The number of hydrogen-bond acceptors (Lipinski definition) is 2. The van der Waals surface area contributed by atoms with Crippen LogP contribution >= 0.6 is 0 Å². The summed E-state index contributed by atoms with van der Waals surface area (Å²) in [5.74, 6) is 0.0272. The molecule has 0 radical (unpaired) electrons. The fourth-order valence-electron chi connectivity index (χ4n) is 3.62. The molecule has 1 aliphatic heterocycles. The largest absolute Gasteiger partial charge is 0.345 e. The molecule has 5 rings (SSSR count). The summed E-state index contributed by atoms with van der Waals surface area (Å²) in [4.78, 5) is 22.4. The Morgan fingerprint density at radius 1 is 0.920 bits per heavy atom. The Labute approximate surface area is 144 Å². The number of nitrogens with one attached hydrogen (secondary N) is 1. The van der Waals surface area contributed by atoms with Gasteiger partial charge >= 0.3 is 0 Å². The highest BCUT2D eigenvalue weighted by atomic mass is 16.2. The van der Waals surface area contributed by atoms with Crippen LogP contribution in [0.15, 0.2) is 79.1 Å². The lowest BCUT2D eigenvalue weighted by Gasteiger charge is -2.26. The van der Waals surface area contributed by atoms with Gasteiger partial charge in [0.2, 0.25) is 0 Å². The molecular weight excluding hydrogens is 310 g/mol. The van der Waals surface area contributed by atoms with Gasteiger partial charge in [0.1, 0.15) is 0 Å². The molecule has 0 fully saturated rings. The van der Waals surface area contributed by atoms with Crippen molar-refractivity contribution in [1.82, 2.24) is 9.97 Å². The Bertz CT molecular complexity index is 1080. The molecule has 3 aromatic carbocycles. The number of aromatic amines is 1. The molecule has 1 aliphatic rings. The SMILES string of the molecule is O=C1c2ccccc2C(c2ccccc2)N1c1ccc2[nH]cnc2c1. The molecule has 2 heterocycles. The minimum atomic E-state index is -0.124. The summed E-state index contributed by atoms with van der Waals surface area (Å²) in [7, 11) is 0. The van der Waals surface area contributed by atoms with Crippen molar-refractivity contribution in [3.63, 3.8) is 0 Å². The Morgan fingerprint density at radius 2 is 1.72 bits per heavy atom. The van der Waals surface area contributed by atoms with Crippen LogP contribution in [-0.2, 0) is 0 Å². The van der Waals surface area contributed by atoms with Gasteiger partial charge in [-0.05, 0) is 35.4 Å². The zero-order chi connectivity index (χ0) is 16.8. The zero-order valence-corrected chi connectivity index (χ0v) is 13.4. The van der Waals surface area contributed by atoms with Gasteiger partial charge in [-0.2, -0.15) is 0 Å². The fourth-order valence-corrected chi connectivity index (χ4v) is 3.62. The highest BCUT2D eigenvalue weighted by Crippen LogP contribution is 2.41. The second-order valence-corrected chi connectivity index (χ2v) is 6.18. The van der Waals surface area contributed by atoms with Gasteiger partial charge in [0, 0.05) is 11.3 Å². The Morgan fingerprint density at radius 3 is 2.60 bits per heavy atom. The number of fused-ring (bicyclic) bond motifs is 2. The molecule has 0 aliphatic carbocycles. The lowest BCUT2D eigenvalue weighted by molar-refractivity contribution is 0.0993. The smallest absolute Gasteiger partial charge is 0.259 e. The molecule has 0 spiro atoms. The number of anilines is 1. The van der Waals surface area contributed by atoms with Gasteiger partial charge in [0.25, 0.3) is 5.91 Å². The maximum atomic E-state index is 13.2. The molecule has 1 atom stereocenters. The van der Waals surface area contributed by atoms with E-state index in [4.69, 9.17) is 0 Å². The van der Waals surface area contributed by atoms with Crippen LogP contribution in [0.1, 0.15) is 27.5 Å². The number of H-pyrrole nitrogens is 1.